The molecular formula is C15H25ClN2. The molecule has 0 aliphatic rings. The minimum Gasteiger partial charge on any atom is -0.310 e. The van der Waals surface area contributed by atoms with Gasteiger partial charge in [-0.05, 0) is 57.2 Å². The summed E-state index contributed by atoms with van der Waals surface area (Å²) in [5.74, 6) is 0. The predicted octanol–water partition coefficient (Wildman–Crippen LogP) is 3.72. The highest BCUT2D eigenvalue weighted by Gasteiger charge is 2.10. The molecule has 0 aliphatic carbocycles. The van der Waals surface area contributed by atoms with Crippen LogP contribution in [0.1, 0.15) is 38.3 Å². The molecule has 1 N–H and O–H groups in total. The number of halogens is 1. The van der Waals surface area contributed by atoms with Gasteiger partial charge in [0.15, 0.2) is 0 Å². The van der Waals surface area contributed by atoms with Crippen LogP contribution in [0.25, 0.3) is 0 Å². The van der Waals surface area contributed by atoms with Crippen molar-refractivity contribution in [2.24, 2.45) is 0 Å². The van der Waals surface area contributed by atoms with Crippen molar-refractivity contribution in [3.63, 3.8) is 0 Å². The fourth-order valence-corrected chi connectivity index (χ4v) is 2.30. The molecule has 0 amide bonds. The molecule has 1 aromatic carbocycles. The van der Waals surface area contributed by atoms with Crippen molar-refractivity contribution in [3.8, 4) is 0 Å². The number of nitrogens with zero attached hydrogens (tertiary/aromatic N) is 1. The summed E-state index contributed by atoms with van der Waals surface area (Å²) in [6.07, 6.45) is 2.34. The third kappa shape index (κ3) is 5.38. The van der Waals surface area contributed by atoms with Crippen LogP contribution in [-0.2, 0) is 0 Å². The first-order chi connectivity index (χ1) is 8.67. The lowest BCUT2D eigenvalue weighted by Crippen LogP contribution is -2.27. The molecule has 3 heteroatoms. The van der Waals surface area contributed by atoms with Gasteiger partial charge in [-0.1, -0.05) is 37.6 Å². The van der Waals surface area contributed by atoms with Crippen molar-refractivity contribution in [1.29, 1.82) is 0 Å². The minimum atomic E-state index is 0.423. The molecule has 0 radical (unpaired) electrons. The van der Waals surface area contributed by atoms with Crippen molar-refractivity contribution in [2.45, 2.75) is 32.7 Å². The molecule has 1 unspecified atom stereocenters. The monoisotopic (exact) mass is 268 g/mol. The lowest BCUT2D eigenvalue weighted by atomic mass is 10.0. The van der Waals surface area contributed by atoms with Crippen molar-refractivity contribution in [3.05, 3.63) is 34.9 Å². The topological polar surface area (TPSA) is 15.3 Å². The van der Waals surface area contributed by atoms with E-state index in [4.69, 9.17) is 11.6 Å². The van der Waals surface area contributed by atoms with Gasteiger partial charge in [0.2, 0.25) is 0 Å². The molecule has 0 heterocycles. The van der Waals surface area contributed by atoms with Gasteiger partial charge in [0.25, 0.3) is 0 Å². The van der Waals surface area contributed by atoms with E-state index in [1.807, 2.05) is 12.1 Å². The first kappa shape index (κ1) is 15.5. The molecular weight excluding hydrogens is 244 g/mol. The van der Waals surface area contributed by atoms with Crippen LogP contribution in [0.2, 0.25) is 5.02 Å². The van der Waals surface area contributed by atoms with E-state index in [2.05, 4.69) is 43.2 Å². The molecule has 102 valence electrons. The molecule has 0 bridgehead atoms. The Bertz CT molecular complexity index is 324. The van der Waals surface area contributed by atoms with Gasteiger partial charge in [0.05, 0.1) is 0 Å². The number of benzene rings is 1. The third-order valence-electron chi connectivity index (χ3n) is 3.13. The summed E-state index contributed by atoms with van der Waals surface area (Å²) in [5.41, 5.74) is 1.33. The van der Waals surface area contributed by atoms with E-state index >= 15 is 0 Å². The van der Waals surface area contributed by atoms with Crippen molar-refractivity contribution < 1.29 is 0 Å². The molecule has 0 aromatic heterocycles. The van der Waals surface area contributed by atoms with Gasteiger partial charge in [0.1, 0.15) is 0 Å². The summed E-state index contributed by atoms with van der Waals surface area (Å²) in [6.45, 7) is 7.65. The second-order valence-corrected chi connectivity index (χ2v) is 5.19. The molecule has 1 rings (SSSR count). The zero-order valence-corrected chi connectivity index (χ0v) is 12.5. The molecule has 2 nitrogen and oxygen atoms in total. The Balaban J connectivity index is 2.56. The first-order valence-electron chi connectivity index (χ1n) is 6.84. The number of rotatable bonds is 8. The summed E-state index contributed by atoms with van der Waals surface area (Å²) >= 11 is 5.93. The van der Waals surface area contributed by atoms with Gasteiger partial charge in [-0.25, -0.2) is 0 Å². The highest BCUT2D eigenvalue weighted by molar-refractivity contribution is 6.30. The van der Waals surface area contributed by atoms with Gasteiger partial charge < -0.3 is 10.2 Å². The van der Waals surface area contributed by atoms with E-state index in [0.29, 0.717) is 6.04 Å². The second kappa shape index (κ2) is 8.52. The van der Waals surface area contributed by atoms with Gasteiger partial charge in [-0.15, -0.1) is 0 Å². The number of hydrogen-bond donors (Lipinski definition) is 1. The average molecular weight is 269 g/mol. The Morgan fingerprint density at radius 1 is 1.17 bits per heavy atom. The second-order valence-electron chi connectivity index (χ2n) is 4.75. The molecule has 1 aromatic rings. The zero-order valence-electron chi connectivity index (χ0n) is 11.7. The van der Waals surface area contributed by atoms with E-state index in [9.17, 15) is 0 Å². The van der Waals surface area contributed by atoms with Crippen molar-refractivity contribution >= 4 is 11.6 Å². The van der Waals surface area contributed by atoms with Gasteiger partial charge in [-0.2, -0.15) is 0 Å². The normalized spacial score (nSPS) is 12.9. The van der Waals surface area contributed by atoms with Crippen LogP contribution in [0.15, 0.2) is 24.3 Å². The first-order valence-corrected chi connectivity index (χ1v) is 7.22. The summed E-state index contributed by atoms with van der Waals surface area (Å²) in [4.78, 5) is 2.39. The van der Waals surface area contributed by atoms with E-state index in [-0.39, 0.29) is 0 Å². The molecule has 0 aliphatic heterocycles. The number of hydrogen-bond acceptors (Lipinski definition) is 2. The third-order valence-corrected chi connectivity index (χ3v) is 3.38. The highest BCUT2D eigenvalue weighted by Crippen LogP contribution is 2.19. The van der Waals surface area contributed by atoms with Crippen LogP contribution in [0.3, 0.4) is 0 Å². The standard InChI is InChI=1S/C15H25ClN2/c1-4-11-18(3)12-10-15(17-5-2)13-6-8-14(16)9-7-13/h6-9,15,17H,4-5,10-12H2,1-3H3. The van der Waals surface area contributed by atoms with Gasteiger partial charge in [-0.3, -0.25) is 0 Å². The van der Waals surface area contributed by atoms with Crippen LogP contribution in [0, 0.1) is 0 Å². The molecule has 18 heavy (non-hydrogen) atoms. The van der Waals surface area contributed by atoms with Crippen LogP contribution in [0.5, 0.6) is 0 Å². The van der Waals surface area contributed by atoms with Crippen LogP contribution < -0.4 is 5.32 Å². The van der Waals surface area contributed by atoms with E-state index in [0.717, 1.165) is 24.5 Å². The Morgan fingerprint density at radius 2 is 1.83 bits per heavy atom. The van der Waals surface area contributed by atoms with Crippen LogP contribution in [0.4, 0.5) is 0 Å². The zero-order chi connectivity index (χ0) is 13.4. The molecule has 0 saturated carbocycles. The lowest BCUT2D eigenvalue weighted by Gasteiger charge is -2.22. The SMILES string of the molecule is CCCN(C)CCC(NCC)c1ccc(Cl)cc1. The van der Waals surface area contributed by atoms with E-state index in [1.165, 1.54) is 18.5 Å². The summed E-state index contributed by atoms with van der Waals surface area (Å²) in [7, 11) is 2.19. The smallest absolute Gasteiger partial charge is 0.0406 e. The Hall–Kier alpha value is -0.570. The Morgan fingerprint density at radius 3 is 2.39 bits per heavy atom. The van der Waals surface area contributed by atoms with Crippen LogP contribution in [-0.4, -0.2) is 31.6 Å². The average Bonchev–Trinajstić information content (AvgIpc) is 2.36. The fraction of sp³-hybridized carbons (Fsp3) is 0.600. The number of nitrogens with one attached hydrogen (secondary N) is 1. The Labute approximate surface area is 116 Å². The Kier molecular flexibility index (Phi) is 7.33. The van der Waals surface area contributed by atoms with E-state index in [1.54, 1.807) is 0 Å². The largest absolute Gasteiger partial charge is 0.310 e. The molecule has 1 atom stereocenters. The summed E-state index contributed by atoms with van der Waals surface area (Å²) < 4.78 is 0. The summed E-state index contributed by atoms with van der Waals surface area (Å²) in [6, 6.07) is 8.60. The minimum absolute atomic E-state index is 0.423. The van der Waals surface area contributed by atoms with Gasteiger partial charge in [0, 0.05) is 11.1 Å². The van der Waals surface area contributed by atoms with E-state index < -0.39 is 0 Å². The maximum Gasteiger partial charge on any atom is 0.0406 e. The van der Waals surface area contributed by atoms with Crippen molar-refractivity contribution in [1.82, 2.24) is 10.2 Å². The lowest BCUT2D eigenvalue weighted by molar-refractivity contribution is 0.309. The predicted molar refractivity (Wildman–Crippen MR) is 80.3 cm³/mol. The fourth-order valence-electron chi connectivity index (χ4n) is 2.17. The molecule has 0 saturated heterocycles. The van der Waals surface area contributed by atoms with Crippen molar-refractivity contribution in [2.75, 3.05) is 26.7 Å². The maximum atomic E-state index is 5.93. The summed E-state index contributed by atoms with van der Waals surface area (Å²) in [5, 5.41) is 4.35. The van der Waals surface area contributed by atoms with Crippen LogP contribution >= 0.6 is 11.6 Å². The quantitative estimate of drug-likeness (QED) is 0.773. The molecule has 0 fully saturated rings. The highest BCUT2D eigenvalue weighted by atomic mass is 35.5. The van der Waals surface area contributed by atoms with Gasteiger partial charge >= 0.3 is 0 Å². The molecule has 0 spiro atoms. The maximum absolute atomic E-state index is 5.93.